The molecule has 0 saturated carbocycles. The number of carbonyl (C=O) groups excluding carboxylic acids is 1. The minimum absolute atomic E-state index is 0.0578. The Labute approximate surface area is 116 Å². The molecule has 0 aliphatic heterocycles. The zero-order valence-electron chi connectivity index (χ0n) is 11.2. The zero-order chi connectivity index (χ0) is 14.5. The fourth-order valence-corrected chi connectivity index (χ4v) is 2.09. The van der Waals surface area contributed by atoms with Gasteiger partial charge in [0.2, 0.25) is 0 Å². The number of carboxylic acid groups (broad SMARTS) is 1. The van der Waals surface area contributed by atoms with Crippen LogP contribution < -0.4 is 0 Å². The number of benzene rings is 1. The topological polar surface area (TPSA) is 70.5 Å². The Morgan fingerprint density at radius 1 is 1.25 bits per heavy atom. The van der Waals surface area contributed by atoms with Crippen LogP contribution in [-0.2, 0) is 4.79 Å². The summed E-state index contributed by atoms with van der Waals surface area (Å²) in [5, 5.41) is 10.5. The highest BCUT2D eigenvalue weighted by Gasteiger charge is 2.17. The standard InChI is InChI=1S/C15H16N2O3/c1-2-17(8-7-14(18)19)15(20)13-10-16-9-11-5-3-4-6-12(11)13/h3-6,9-10H,2,7-8H2,1H3,(H,18,19). The molecule has 0 unspecified atom stereocenters. The van der Waals surface area contributed by atoms with Crippen LogP contribution in [0.3, 0.4) is 0 Å². The van der Waals surface area contributed by atoms with Crippen molar-refractivity contribution >= 4 is 22.6 Å². The zero-order valence-corrected chi connectivity index (χ0v) is 11.2. The largest absolute Gasteiger partial charge is 0.481 e. The van der Waals surface area contributed by atoms with Crippen LogP contribution in [0.4, 0.5) is 0 Å². The van der Waals surface area contributed by atoms with Crippen LogP contribution in [0.2, 0.25) is 0 Å². The van der Waals surface area contributed by atoms with Crippen LogP contribution in [0.5, 0.6) is 0 Å². The molecule has 0 bridgehead atoms. The minimum Gasteiger partial charge on any atom is -0.481 e. The Balaban J connectivity index is 2.32. The number of aromatic nitrogens is 1. The van der Waals surface area contributed by atoms with Gasteiger partial charge in [-0.15, -0.1) is 0 Å². The third-order valence-electron chi connectivity index (χ3n) is 3.16. The second-order valence-electron chi connectivity index (χ2n) is 4.44. The highest BCUT2D eigenvalue weighted by molar-refractivity contribution is 6.06. The lowest BCUT2D eigenvalue weighted by molar-refractivity contribution is -0.137. The molecule has 1 N–H and O–H groups in total. The fourth-order valence-electron chi connectivity index (χ4n) is 2.09. The van der Waals surface area contributed by atoms with Gasteiger partial charge in [0.25, 0.3) is 5.91 Å². The van der Waals surface area contributed by atoms with Crippen molar-refractivity contribution in [1.29, 1.82) is 0 Å². The van der Waals surface area contributed by atoms with Crippen LogP contribution in [0.1, 0.15) is 23.7 Å². The van der Waals surface area contributed by atoms with E-state index in [1.807, 2.05) is 31.2 Å². The summed E-state index contributed by atoms with van der Waals surface area (Å²) in [6.45, 7) is 2.50. The second kappa shape index (κ2) is 6.14. The molecular formula is C15H16N2O3. The monoisotopic (exact) mass is 272 g/mol. The fraction of sp³-hybridized carbons (Fsp3) is 0.267. The van der Waals surface area contributed by atoms with Crippen LogP contribution in [0.15, 0.2) is 36.7 Å². The number of hydrogen-bond acceptors (Lipinski definition) is 3. The van der Waals surface area contributed by atoms with Gasteiger partial charge >= 0.3 is 5.97 Å². The Hall–Kier alpha value is -2.43. The number of hydrogen-bond donors (Lipinski definition) is 1. The molecule has 1 aromatic carbocycles. The van der Waals surface area contributed by atoms with Crippen molar-refractivity contribution in [1.82, 2.24) is 9.88 Å². The van der Waals surface area contributed by atoms with E-state index >= 15 is 0 Å². The second-order valence-corrected chi connectivity index (χ2v) is 4.44. The Bertz CT molecular complexity index is 635. The van der Waals surface area contributed by atoms with Crippen molar-refractivity contribution < 1.29 is 14.7 Å². The number of carboxylic acids is 1. The average molecular weight is 272 g/mol. The predicted molar refractivity (Wildman–Crippen MR) is 75.6 cm³/mol. The number of pyridine rings is 1. The van der Waals surface area contributed by atoms with E-state index in [1.54, 1.807) is 6.20 Å². The lowest BCUT2D eigenvalue weighted by atomic mass is 10.1. The van der Waals surface area contributed by atoms with E-state index in [-0.39, 0.29) is 18.9 Å². The summed E-state index contributed by atoms with van der Waals surface area (Å²) in [4.78, 5) is 28.7. The summed E-state index contributed by atoms with van der Waals surface area (Å²) in [5.74, 6) is -1.09. The lowest BCUT2D eigenvalue weighted by Gasteiger charge is -2.20. The average Bonchev–Trinajstić information content (AvgIpc) is 2.46. The molecule has 2 aromatic rings. The molecule has 0 aliphatic carbocycles. The SMILES string of the molecule is CCN(CCC(=O)O)C(=O)c1cncc2ccccc12. The third-order valence-corrected chi connectivity index (χ3v) is 3.16. The maximum Gasteiger partial charge on any atom is 0.305 e. The third kappa shape index (κ3) is 2.93. The first-order valence-corrected chi connectivity index (χ1v) is 6.47. The molecule has 0 atom stereocenters. The van der Waals surface area contributed by atoms with Gasteiger partial charge in [-0.05, 0) is 12.3 Å². The van der Waals surface area contributed by atoms with E-state index in [0.29, 0.717) is 12.1 Å². The Kier molecular flexibility index (Phi) is 4.30. The molecule has 104 valence electrons. The van der Waals surface area contributed by atoms with Crippen molar-refractivity contribution in [2.24, 2.45) is 0 Å². The first-order valence-electron chi connectivity index (χ1n) is 6.47. The first-order chi connectivity index (χ1) is 9.63. The van der Waals surface area contributed by atoms with E-state index in [1.165, 1.54) is 11.1 Å². The van der Waals surface area contributed by atoms with Crippen LogP contribution >= 0.6 is 0 Å². The molecule has 0 aliphatic rings. The normalized spacial score (nSPS) is 10.4. The number of nitrogens with zero attached hydrogens (tertiary/aromatic N) is 2. The summed E-state index contributed by atoms with van der Waals surface area (Å²) in [6, 6.07) is 7.52. The quantitative estimate of drug-likeness (QED) is 0.905. The molecule has 2 rings (SSSR count). The van der Waals surface area contributed by atoms with Crippen molar-refractivity contribution in [2.75, 3.05) is 13.1 Å². The molecular weight excluding hydrogens is 256 g/mol. The summed E-state index contributed by atoms with van der Waals surface area (Å²) >= 11 is 0. The highest BCUT2D eigenvalue weighted by Crippen LogP contribution is 2.18. The van der Waals surface area contributed by atoms with Gasteiger partial charge in [-0.25, -0.2) is 0 Å². The number of aliphatic carboxylic acids is 1. The van der Waals surface area contributed by atoms with Gasteiger partial charge in [0, 0.05) is 30.9 Å². The van der Waals surface area contributed by atoms with Crippen molar-refractivity contribution in [3.63, 3.8) is 0 Å². The number of rotatable bonds is 5. The van der Waals surface area contributed by atoms with E-state index in [0.717, 1.165) is 10.8 Å². The van der Waals surface area contributed by atoms with Crippen molar-refractivity contribution in [3.05, 3.63) is 42.2 Å². The summed E-state index contributed by atoms with van der Waals surface area (Å²) in [7, 11) is 0. The molecule has 0 saturated heterocycles. The van der Waals surface area contributed by atoms with Crippen molar-refractivity contribution in [2.45, 2.75) is 13.3 Å². The van der Waals surface area contributed by atoms with Gasteiger partial charge in [-0.1, -0.05) is 24.3 Å². The predicted octanol–water partition coefficient (Wildman–Crippen LogP) is 2.17. The molecule has 0 radical (unpaired) electrons. The lowest BCUT2D eigenvalue weighted by Crippen LogP contribution is -2.33. The van der Waals surface area contributed by atoms with Crippen LogP contribution in [0, 0.1) is 0 Å². The number of fused-ring (bicyclic) bond motifs is 1. The maximum absolute atomic E-state index is 12.5. The van der Waals surface area contributed by atoms with E-state index in [2.05, 4.69) is 4.98 Å². The van der Waals surface area contributed by atoms with Gasteiger partial charge in [0.1, 0.15) is 0 Å². The summed E-state index contributed by atoms with van der Waals surface area (Å²) in [5.41, 5.74) is 0.510. The molecule has 5 nitrogen and oxygen atoms in total. The van der Waals surface area contributed by atoms with Crippen LogP contribution in [-0.4, -0.2) is 40.0 Å². The van der Waals surface area contributed by atoms with Gasteiger partial charge in [0.15, 0.2) is 0 Å². The Morgan fingerprint density at radius 3 is 2.70 bits per heavy atom. The number of carbonyl (C=O) groups is 2. The molecule has 20 heavy (non-hydrogen) atoms. The molecule has 0 spiro atoms. The Morgan fingerprint density at radius 2 is 2.00 bits per heavy atom. The first kappa shape index (κ1) is 14.0. The number of amides is 1. The highest BCUT2D eigenvalue weighted by atomic mass is 16.4. The minimum atomic E-state index is -0.910. The van der Waals surface area contributed by atoms with Gasteiger partial charge in [0.05, 0.1) is 12.0 Å². The molecule has 5 heteroatoms. The maximum atomic E-state index is 12.5. The molecule has 1 heterocycles. The van der Waals surface area contributed by atoms with E-state index < -0.39 is 5.97 Å². The van der Waals surface area contributed by atoms with E-state index in [4.69, 9.17) is 5.11 Å². The van der Waals surface area contributed by atoms with Gasteiger partial charge < -0.3 is 10.0 Å². The summed E-state index contributed by atoms with van der Waals surface area (Å²) < 4.78 is 0. The van der Waals surface area contributed by atoms with Gasteiger partial charge in [-0.3, -0.25) is 14.6 Å². The van der Waals surface area contributed by atoms with Gasteiger partial charge in [-0.2, -0.15) is 0 Å². The van der Waals surface area contributed by atoms with Crippen LogP contribution in [0.25, 0.3) is 10.8 Å². The smallest absolute Gasteiger partial charge is 0.305 e. The van der Waals surface area contributed by atoms with Crippen molar-refractivity contribution in [3.8, 4) is 0 Å². The summed E-state index contributed by atoms with van der Waals surface area (Å²) in [6.07, 6.45) is 3.19. The molecule has 1 aromatic heterocycles. The van der Waals surface area contributed by atoms with E-state index in [9.17, 15) is 9.59 Å². The molecule has 1 amide bonds. The molecule has 0 fully saturated rings.